The number of amides is 3. The second-order valence-corrected chi connectivity index (χ2v) is 13.8. The Hall–Kier alpha value is -3.30. The standard InChI is InChI=1S/C29H17BrCl2F3N3O5S2/c30-12-5-8-19(43-11-20(39)36-13-6-7-16(31)17(32)10-13)14(9-12)21-22-24(44-25-23(21)45-28(42)37-25)27(41)38(26(22)40)18-4-2-1-3-15(18)29(33,34)35/h1-10,21-22,24H,11H2,(H,36,39)(H,37,42)/t21-,22?,24?/m1/s1. The van der Waals surface area contributed by atoms with E-state index in [9.17, 15) is 32.3 Å². The van der Waals surface area contributed by atoms with Crippen molar-refractivity contribution in [2.24, 2.45) is 5.92 Å². The predicted octanol–water partition coefficient (Wildman–Crippen LogP) is 7.34. The van der Waals surface area contributed by atoms with Crippen LogP contribution in [0, 0.1) is 5.92 Å². The molecule has 1 saturated heterocycles. The van der Waals surface area contributed by atoms with Crippen LogP contribution in [0.2, 0.25) is 10.0 Å². The van der Waals surface area contributed by atoms with Crippen molar-refractivity contribution >= 4 is 91.3 Å². The lowest BCUT2D eigenvalue weighted by atomic mass is 9.82. The van der Waals surface area contributed by atoms with E-state index in [-0.39, 0.29) is 10.8 Å². The fraction of sp³-hybridized carbons (Fsp3) is 0.172. The molecule has 8 nitrogen and oxygen atoms in total. The zero-order valence-electron chi connectivity index (χ0n) is 22.3. The number of fused-ring (bicyclic) bond motifs is 2. The molecule has 4 aromatic rings. The van der Waals surface area contributed by atoms with Crippen LogP contribution in [0.4, 0.5) is 24.5 Å². The summed E-state index contributed by atoms with van der Waals surface area (Å²) in [6, 6.07) is 13.7. The number of benzene rings is 3. The lowest BCUT2D eigenvalue weighted by Gasteiger charge is -2.31. The van der Waals surface area contributed by atoms with Crippen LogP contribution in [-0.4, -0.2) is 34.6 Å². The first-order chi connectivity index (χ1) is 21.3. The Kier molecular flexibility index (Phi) is 8.54. The molecule has 45 heavy (non-hydrogen) atoms. The molecule has 0 aliphatic carbocycles. The fourth-order valence-corrected chi connectivity index (χ4v) is 8.49. The van der Waals surface area contributed by atoms with E-state index in [0.29, 0.717) is 35.5 Å². The second-order valence-electron chi connectivity index (χ2n) is 9.92. The molecule has 3 aromatic carbocycles. The van der Waals surface area contributed by atoms with Crippen molar-refractivity contribution in [3.63, 3.8) is 0 Å². The summed E-state index contributed by atoms with van der Waals surface area (Å²) >= 11 is 17.1. The third-order valence-electron chi connectivity index (χ3n) is 7.14. The number of para-hydroxylation sites is 1. The molecule has 2 aliphatic rings. The predicted molar refractivity (Wildman–Crippen MR) is 169 cm³/mol. The summed E-state index contributed by atoms with van der Waals surface area (Å²) in [6.07, 6.45) is -4.83. The summed E-state index contributed by atoms with van der Waals surface area (Å²) in [4.78, 5) is 56.3. The number of imide groups is 1. The van der Waals surface area contributed by atoms with Gasteiger partial charge in [0, 0.05) is 26.5 Å². The molecule has 0 spiro atoms. The molecule has 0 bridgehead atoms. The summed E-state index contributed by atoms with van der Waals surface area (Å²) in [5, 5.41) is 2.36. The number of alkyl halides is 3. The Balaban J connectivity index is 1.38. The van der Waals surface area contributed by atoms with E-state index in [0.717, 1.165) is 35.2 Å². The van der Waals surface area contributed by atoms with Crippen molar-refractivity contribution in [1.82, 2.24) is 4.98 Å². The van der Waals surface area contributed by atoms with E-state index in [1.165, 1.54) is 24.3 Å². The SMILES string of the molecule is O=C(COc1ccc(Br)cc1[C@H]1c2sc(=O)[nH]c2SC2C(=O)N(c3ccccc3C(F)(F)F)C(=O)C21)Nc1ccc(Cl)c(Cl)c1. The normalized spacial score (nSPS) is 19.3. The number of nitrogens with one attached hydrogen (secondary N) is 2. The number of carbonyl (C=O) groups excluding carboxylic acids is 3. The number of ether oxygens (including phenoxy) is 1. The summed E-state index contributed by atoms with van der Waals surface area (Å²) in [5.41, 5.74) is -0.979. The summed E-state index contributed by atoms with van der Waals surface area (Å²) in [7, 11) is 0. The number of halogens is 6. The number of thiazole rings is 1. The highest BCUT2D eigenvalue weighted by molar-refractivity contribution is 9.10. The first-order valence-electron chi connectivity index (χ1n) is 12.9. The van der Waals surface area contributed by atoms with E-state index in [2.05, 4.69) is 26.2 Å². The first kappa shape index (κ1) is 31.7. The van der Waals surface area contributed by atoms with Crippen LogP contribution in [0.5, 0.6) is 5.75 Å². The number of rotatable bonds is 6. The molecule has 3 atom stereocenters. The van der Waals surface area contributed by atoms with Gasteiger partial charge < -0.3 is 15.0 Å². The van der Waals surface area contributed by atoms with Gasteiger partial charge in [-0.15, -0.1) is 0 Å². The fourth-order valence-electron chi connectivity index (χ4n) is 5.31. The van der Waals surface area contributed by atoms with Gasteiger partial charge >= 0.3 is 11.0 Å². The highest BCUT2D eigenvalue weighted by atomic mass is 79.9. The van der Waals surface area contributed by atoms with E-state index >= 15 is 0 Å². The molecule has 16 heteroatoms. The van der Waals surface area contributed by atoms with Gasteiger partial charge in [-0.25, -0.2) is 4.90 Å². The molecule has 6 rings (SSSR count). The molecule has 232 valence electrons. The molecule has 0 radical (unpaired) electrons. The van der Waals surface area contributed by atoms with Crippen molar-refractivity contribution < 1.29 is 32.3 Å². The van der Waals surface area contributed by atoms with E-state index in [1.54, 1.807) is 24.3 Å². The topological polar surface area (TPSA) is 109 Å². The van der Waals surface area contributed by atoms with E-state index < -0.39 is 63.7 Å². The number of carbonyl (C=O) groups is 3. The van der Waals surface area contributed by atoms with Crippen molar-refractivity contribution in [3.05, 3.63) is 101 Å². The maximum atomic E-state index is 14.1. The minimum atomic E-state index is -4.83. The Labute approximate surface area is 279 Å². The van der Waals surface area contributed by atoms with Gasteiger partial charge in [-0.2, -0.15) is 13.2 Å². The zero-order valence-corrected chi connectivity index (χ0v) is 27.0. The number of nitrogens with zero attached hydrogens (tertiary/aromatic N) is 1. The van der Waals surface area contributed by atoms with Crippen molar-refractivity contribution in [2.75, 3.05) is 16.8 Å². The highest BCUT2D eigenvalue weighted by Crippen LogP contribution is 2.55. The smallest absolute Gasteiger partial charge is 0.418 e. The lowest BCUT2D eigenvalue weighted by molar-refractivity contribution is -0.137. The van der Waals surface area contributed by atoms with Gasteiger partial charge in [0.15, 0.2) is 6.61 Å². The second kappa shape index (κ2) is 12.1. The molecule has 3 amide bonds. The number of thioether (sulfide) groups is 1. The van der Waals surface area contributed by atoms with Gasteiger partial charge in [0.2, 0.25) is 11.8 Å². The first-order valence-corrected chi connectivity index (χ1v) is 16.2. The Morgan fingerprint density at radius 3 is 2.51 bits per heavy atom. The van der Waals surface area contributed by atoms with Gasteiger partial charge in [-0.05, 0) is 48.5 Å². The largest absolute Gasteiger partial charge is 0.483 e. The molecule has 1 aromatic heterocycles. The maximum Gasteiger partial charge on any atom is 0.418 e. The minimum Gasteiger partial charge on any atom is -0.483 e. The van der Waals surface area contributed by atoms with Gasteiger partial charge in [0.05, 0.1) is 32.2 Å². The number of hydrogen-bond donors (Lipinski definition) is 2. The quantitative estimate of drug-likeness (QED) is 0.200. The highest BCUT2D eigenvalue weighted by Gasteiger charge is 2.57. The van der Waals surface area contributed by atoms with Crippen LogP contribution in [-0.2, 0) is 20.6 Å². The van der Waals surface area contributed by atoms with Crippen LogP contribution < -0.4 is 19.8 Å². The molecule has 2 aliphatic heterocycles. The van der Waals surface area contributed by atoms with Crippen LogP contribution in [0.25, 0.3) is 0 Å². The Morgan fingerprint density at radius 1 is 1.02 bits per heavy atom. The Bertz CT molecular complexity index is 1940. The number of aromatic nitrogens is 1. The summed E-state index contributed by atoms with van der Waals surface area (Å²) in [6.45, 7) is -0.474. The average Bonchev–Trinajstić information content (AvgIpc) is 3.47. The molecule has 1 fully saturated rings. The number of hydrogen-bond acceptors (Lipinski definition) is 7. The summed E-state index contributed by atoms with van der Waals surface area (Å²) in [5.74, 6) is -4.24. The van der Waals surface area contributed by atoms with Crippen molar-refractivity contribution in [2.45, 2.75) is 22.4 Å². The van der Waals surface area contributed by atoms with Gasteiger partial charge in [0.25, 0.3) is 5.91 Å². The van der Waals surface area contributed by atoms with Crippen molar-refractivity contribution in [1.29, 1.82) is 0 Å². The molecular weight excluding hydrogens is 742 g/mol. The molecule has 2 unspecified atom stereocenters. The van der Waals surface area contributed by atoms with Crippen LogP contribution in [0.1, 0.15) is 21.9 Å². The van der Waals surface area contributed by atoms with Crippen molar-refractivity contribution in [3.8, 4) is 5.75 Å². The van der Waals surface area contributed by atoms with Gasteiger partial charge in [-0.1, -0.05) is 74.4 Å². The van der Waals surface area contributed by atoms with E-state index in [1.807, 2.05) is 0 Å². The maximum absolute atomic E-state index is 14.1. The zero-order chi connectivity index (χ0) is 32.2. The van der Waals surface area contributed by atoms with Gasteiger partial charge in [-0.3, -0.25) is 19.2 Å². The number of anilines is 2. The van der Waals surface area contributed by atoms with Crippen LogP contribution in [0.3, 0.4) is 0 Å². The third kappa shape index (κ3) is 6.01. The third-order valence-corrected chi connectivity index (χ3v) is 10.8. The molecule has 0 saturated carbocycles. The van der Waals surface area contributed by atoms with Crippen LogP contribution in [0.15, 0.2) is 75.0 Å². The number of H-pyrrole nitrogens is 1. The molecule has 3 heterocycles. The van der Waals surface area contributed by atoms with Crippen LogP contribution >= 0.6 is 62.2 Å². The Morgan fingerprint density at radius 2 is 1.78 bits per heavy atom. The summed E-state index contributed by atoms with van der Waals surface area (Å²) < 4.78 is 48.3. The average molecular weight is 759 g/mol. The molecule has 2 N–H and O–H groups in total. The minimum absolute atomic E-state index is 0.166. The monoisotopic (exact) mass is 757 g/mol. The number of aromatic amines is 1. The van der Waals surface area contributed by atoms with E-state index in [4.69, 9.17) is 27.9 Å². The van der Waals surface area contributed by atoms with Gasteiger partial charge in [0.1, 0.15) is 11.0 Å². The lowest BCUT2D eigenvalue weighted by Crippen LogP contribution is -2.33. The molecular formula is C29H17BrCl2F3N3O5S2.